The fourth-order valence-corrected chi connectivity index (χ4v) is 4.51. The van der Waals surface area contributed by atoms with Crippen molar-refractivity contribution in [2.45, 2.75) is 37.5 Å². The molecule has 0 unspecified atom stereocenters. The van der Waals surface area contributed by atoms with E-state index in [-0.39, 0.29) is 17.2 Å². The van der Waals surface area contributed by atoms with Gasteiger partial charge in [0.1, 0.15) is 5.01 Å². The summed E-state index contributed by atoms with van der Waals surface area (Å²) in [7, 11) is -3.56. The van der Waals surface area contributed by atoms with Crippen molar-refractivity contribution in [1.82, 2.24) is 14.9 Å². The fourth-order valence-electron chi connectivity index (χ4n) is 2.78. The summed E-state index contributed by atoms with van der Waals surface area (Å²) >= 11 is 1.36. The zero-order chi connectivity index (χ0) is 21.4. The zero-order valence-electron chi connectivity index (χ0n) is 16.7. The van der Waals surface area contributed by atoms with Gasteiger partial charge in [0.15, 0.2) is 0 Å². The average molecular weight is 445 g/mol. The van der Waals surface area contributed by atoms with E-state index in [0.717, 1.165) is 22.6 Å². The first-order valence-electron chi connectivity index (χ1n) is 9.71. The van der Waals surface area contributed by atoms with Crippen LogP contribution in [0.15, 0.2) is 59.5 Å². The minimum atomic E-state index is -3.56. The Labute approximate surface area is 180 Å². The van der Waals surface area contributed by atoms with E-state index < -0.39 is 10.0 Å². The molecule has 0 aliphatic carbocycles. The van der Waals surface area contributed by atoms with Crippen molar-refractivity contribution in [1.29, 1.82) is 0 Å². The molecule has 0 aliphatic heterocycles. The summed E-state index contributed by atoms with van der Waals surface area (Å²) in [6, 6.07) is 16.3. The third-order valence-corrected chi connectivity index (χ3v) is 6.90. The van der Waals surface area contributed by atoms with Gasteiger partial charge in [0, 0.05) is 13.0 Å². The Hall–Kier alpha value is -2.62. The Morgan fingerprint density at radius 3 is 2.33 bits per heavy atom. The molecular weight excluding hydrogens is 420 g/mol. The van der Waals surface area contributed by atoms with Crippen LogP contribution in [0.4, 0.5) is 5.13 Å². The van der Waals surface area contributed by atoms with E-state index in [1.807, 2.05) is 37.3 Å². The molecule has 0 spiro atoms. The molecule has 1 aromatic heterocycles. The molecule has 3 aromatic rings. The molecule has 0 fully saturated rings. The smallest absolute Gasteiger partial charge is 0.240 e. The van der Waals surface area contributed by atoms with Crippen molar-refractivity contribution in [3.63, 3.8) is 0 Å². The zero-order valence-corrected chi connectivity index (χ0v) is 18.3. The lowest BCUT2D eigenvalue weighted by Crippen LogP contribution is -2.26. The van der Waals surface area contributed by atoms with E-state index in [1.165, 1.54) is 11.3 Å². The topological polar surface area (TPSA) is 101 Å². The number of nitrogens with zero attached hydrogens (tertiary/aromatic N) is 2. The van der Waals surface area contributed by atoms with Crippen molar-refractivity contribution in [3.05, 3.63) is 70.7 Å². The Morgan fingerprint density at radius 1 is 0.967 bits per heavy atom. The van der Waals surface area contributed by atoms with Crippen molar-refractivity contribution < 1.29 is 13.2 Å². The van der Waals surface area contributed by atoms with E-state index in [9.17, 15) is 13.2 Å². The normalized spacial score (nSPS) is 11.4. The number of sulfonamides is 1. The van der Waals surface area contributed by atoms with Gasteiger partial charge in [-0.2, -0.15) is 0 Å². The second-order valence-corrected chi connectivity index (χ2v) is 9.51. The number of hydrogen-bond acceptors (Lipinski definition) is 6. The molecule has 2 aromatic carbocycles. The molecule has 0 atom stereocenters. The number of aryl methyl sites for hydroxylation is 2. The third kappa shape index (κ3) is 6.45. The largest absolute Gasteiger partial charge is 0.301 e. The summed E-state index contributed by atoms with van der Waals surface area (Å²) < 4.78 is 27.5. The highest BCUT2D eigenvalue weighted by atomic mass is 32.2. The molecule has 1 heterocycles. The molecule has 0 aliphatic rings. The fraction of sp³-hybridized carbons (Fsp3) is 0.286. The van der Waals surface area contributed by atoms with Gasteiger partial charge < -0.3 is 5.32 Å². The van der Waals surface area contributed by atoms with Gasteiger partial charge in [0.25, 0.3) is 0 Å². The van der Waals surface area contributed by atoms with Crippen LogP contribution in [0.2, 0.25) is 0 Å². The summed E-state index contributed by atoms with van der Waals surface area (Å²) in [6.07, 6.45) is 2.20. The number of carbonyl (C=O) groups excluding carboxylic acids is 1. The highest BCUT2D eigenvalue weighted by molar-refractivity contribution is 7.89. The standard InChI is InChI=1S/C21H24N4O3S2/c1-2-20-24-25-21(29-20)23-19(26)13-10-17-8-11-18(12-9-17)30(27,28)22-15-14-16-6-4-3-5-7-16/h3-9,11-12,22H,2,10,13-15H2,1H3,(H,23,25,26). The van der Waals surface area contributed by atoms with Crippen LogP contribution in [0.25, 0.3) is 0 Å². The van der Waals surface area contributed by atoms with Gasteiger partial charge in [0.2, 0.25) is 21.1 Å². The number of anilines is 1. The van der Waals surface area contributed by atoms with Gasteiger partial charge >= 0.3 is 0 Å². The number of nitrogens with one attached hydrogen (secondary N) is 2. The second kappa shape index (κ2) is 10.4. The van der Waals surface area contributed by atoms with Crippen LogP contribution in [0.1, 0.15) is 29.5 Å². The van der Waals surface area contributed by atoms with Crippen LogP contribution >= 0.6 is 11.3 Å². The number of benzene rings is 2. The minimum absolute atomic E-state index is 0.145. The quantitative estimate of drug-likeness (QED) is 0.500. The first kappa shape index (κ1) is 22.1. The van der Waals surface area contributed by atoms with Gasteiger partial charge in [-0.1, -0.05) is 60.7 Å². The maximum absolute atomic E-state index is 12.4. The van der Waals surface area contributed by atoms with E-state index in [4.69, 9.17) is 0 Å². The molecule has 158 valence electrons. The van der Waals surface area contributed by atoms with Gasteiger partial charge in [-0.15, -0.1) is 10.2 Å². The average Bonchev–Trinajstić information content (AvgIpc) is 3.21. The summed E-state index contributed by atoms with van der Waals surface area (Å²) in [5.41, 5.74) is 1.97. The maximum Gasteiger partial charge on any atom is 0.240 e. The van der Waals surface area contributed by atoms with E-state index >= 15 is 0 Å². The summed E-state index contributed by atoms with van der Waals surface area (Å²) in [5, 5.41) is 12.0. The number of carbonyl (C=O) groups is 1. The molecule has 7 nitrogen and oxygen atoms in total. The van der Waals surface area contributed by atoms with Crippen LogP contribution in [0.5, 0.6) is 0 Å². The minimum Gasteiger partial charge on any atom is -0.301 e. The van der Waals surface area contributed by atoms with Crippen LogP contribution < -0.4 is 10.0 Å². The van der Waals surface area contributed by atoms with Crippen LogP contribution in [0.3, 0.4) is 0 Å². The van der Waals surface area contributed by atoms with Crippen LogP contribution in [-0.4, -0.2) is 31.1 Å². The third-order valence-electron chi connectivity index (χ3n) is 4.44. The summed E-state index contributed by atoms with van der Waals surface area (Å²) in [4.78, 5) is 12.3. The summed E-state index contributed by atoms with van der Waals surface area (Å²) in [5.74, 6) is -0.145. The number of aromatic nitrogens is 2. The predicted octanol–water partition coefficient (Wildman–Crippen LogP) is 3.19. The summed E-state index contributed by atoms with van der Waals surface area (Å²) in [6.45, 7) is 2.31. The Bertz CT molecular complexity index is 1070. The van der Waals surface area contributed by atoms with Gasteiger partial charge in [-0.05, 0) is 42.5 Å². The maximum atomic E-state index is 12.4. The SMILES string of the molecule is CCc1nnc(NC(=O)CCc2ccc(S(=O)(=O)NCCc3ccccc3)cc2)s1. The lowest BCUT2D eigenvalue weighted by atomic mass is 10.1. The molecule has 3 rings (SSSR count). The van der Waals surface area contributed by atoms with E-state index in [1.54, 1.807) is 24.3 Å². The van der Waals surface area contributed by atoms with Gasteiger partial charge in [0.05, 0.1) is 4.90 Å². The van der Waals surface area contributed by atoms with E-state index in [2.05, 4.69) is 20.2 Å². The molecule has 0 saturated heterocycles. The molecule has 30 heavy (non-hydrogen) atoms. The molecule has 1 amide bonds. The number of hydrogen-bond donors (Lipinski definition) is 2. The number of rotatable bonds is 10. The van der Waals surface area contributed by atoms with Crippen molar-refractivity contribution in [2.75, 3.05) is 11.9 Å². The lowest BCUT2D eigenvalue weighted by Gasteiger charge is -2.08. The molecule has 9 heteroatoms. The Kier molecular flexibility index (Phi) is 7.67. The molecule has 0 saturated carbocycles. The molecule has 0 radical (unpaired) electrons. The molecule has 0 bridgehead atoms. The highest BCUT2D eigenvalue weighted by Gasteiger charge is 2.13. The second-order valence-electron chi connectivity index (χ2n) is 6.68. The first-order chi connectivity index (χ1) is 14.5. The predicted molar refractivity (Wildman–Crippen MR) is 118 cm³/mol. The van der Waals surface area contributed by atoms with Crippen molar-refractivity contribution in [3.8, 4) is 0 Å². The Balaban J connectivity index is 1.47. The lowest BCUT2D eigenvalue weighted by molar-refractivity contribution is -0.116. The van der Waals surface area contributed by atoms with Crippen LogP contribution in [0, 0.1) is 0 Å². The van der Waals surface area contributed by atoms with Crippen LogP contribution in [-0.2, 0) is 34.1 Å². The monoisotopic (exact) mass is 444 g/mol. The van der Waals surface area contributed by atoms with Crippen molar-refractivity contribution in [2.24, 2.45) is 0 Å². The first-order valence-corrected chi connectivity index (χ1v) is 12.0. The van der Waals surface area contributed by atoms with Gasteiger partial charge in [-0.3, -0.25) is 4.79 Å². The van der Waals surface area contributed by atoms with Crippen molar-refractivity contribution >= 4 is 32.4 Å². The van der Waals surface area contributed by atoms with Gasteiger partial charge in [-0.25, -0.2) is 13.1 Å². The molecular formula is C21H24N4O3S2. The Morgan fingerprint density at radius 2 is 1.67 bits per heavy atom. The van der Waals surface area contributed by atoms with E-state index in [0.29, 0.717) is 24.5 Å². The highest BCUT2D eigenvalue weighted by Crippen LogP contribution is 2.16. The number of amides is 1. The molecule has 2 N–H and O–H groups in total.